The number of methoxy groups -OCH3 is 1. The van der Waals surface area contributed by atoms with Crippen molar-refractivity contribution in [2.24, 2.45) is 0 Å². The fourth-order valence-electron chi connectivity index (χ4n) is 2.90. The number of hydrogen-bond donors (Lipinski definition) is 2. The molecular weight excluding hydrogens is 288 g/mol. The smallest absolute Gasteiger partial charge is 0.224 e. The lowest BCUT2D eigenvalue weighted by Crippen LogP contribution is -2.23. The van der Waals surface area contributed by atoms with Gasteiger partial charge in [0.05, 0.1) is 7.11 Å². The lowest BCUT2D eigenvalue weighted by molar-refractivity contribution is 0.414. The topological polar surface area (TPSA) is 59.1 Å². The van der Waals surface area contributed by atoms with E-state index >= 15 is 0 Å². The summed E-state index contributed by atoms with van der Waals surface area (Å²) in [6.45, 7) is 0.691. The molecule has 1 saturated carbocycles. The summed E-state index contributed by atoms with van der Waals surface area (Å²) < 4.78 is 5.17. The van der Waals surface area contributed by atoms with Gasteiger partial charge in [0.2, 0.25) is 5.95 Å². The Morgan fingerprint density at radius 1 is 1.09 bits per heavy atom. The molecule has 5 heteroatoms. The molecule has 1 heterocycles. The van der Waals surface area contributed by atoms with E-state index < -0.39 is 0 Å². The van der Waals surface area contributed by atoms with Crippen molar-refractivity contribution in [3.05, 3.63) is 42.1 Å². The molecule has 0 unspecified atom stereocenters. The molecule has 0 radical (unpaired) electrons. The van der Waals surface area contributed by atoms with E-state index in [0.29, 0.717) is 18.5 Å². The first-order chi connectivity index (χ1) is 11.3. The van der Waals surface area contributed by atoms with Crippen LogP contribution in [-0.4, -0.2) is 23.1 Å². The summed E-state index contributed by atoms with van der Waals surface area (Å²) in [7, 11) is 1.67. The first kappa shape index (κ1) is 15.6. The Bertz CT molecular complexity index is 609. The van der Waals surface area contributed by atoms with Crippen LogP contribution in [0.3, 0.4) is 0 Å². The summed E-state index contributed by atoms with van der Waals surface area (Å²) in [6.07, 6.45) is 8.25. The standard InChI is InChI=1S/C18H24N4O/c1-23-16-9-7-14(8-10-16)13-20-18-19-12-11-17(22-18)21-15-5-3-2-4-6-15/h7-12,15H,2-6,13H2,1H3,(H2,19,20,21,22). The predicted molar refractivity (Wildman–Crippen MR) is 92.8 cm³/mol. The molecule has 2 N–H and O–H groups in total. The van der Waals surface area contributed by atoms with Gasteiger partial charge < -0.3 is 15.4 Å². The molecule has 1 fully saturated rings. The van der Waals surface area contributed by atoms with Gasteiger partial charge in [-0.1, -0.05) is 31.4 Å². The number of ether oxygens (including phenoxy) is 1. The van der Waals surface area contributed by atoms with Crippen LogP contribution in [0.15, 0.2) is 36.5 Å². The molecule has 1 aromatic heterocycles. The van der Waals surface area contributed by atoms with E-state index in [0.717, 1.165) is 11.6 Å². The van der Waals surface area contributed by atoms with Crippen LogP contribution in [0.4, 0.5) is 11.8 Å². The molecule has 0 amide bonds. The van der Waals surface area contributed by atoms with Crippen LogP contribution in [0, 0.1) is 0 Å². The predicted octanol–water partition coefficient (Wildman–Crippen LogP) is 3.84. The first-order valence-electron chi connectivity index (χ1n) is 8.30. The minimum absolute atomic E-state index is 0.549. The van der Waals surface area contributed by atoms with Crippen molar-refractivity contribution in [3.8, 4) is 5.75 Å². The largest absolute Gasteiger partial charge is 0.497 e. The van der Waals surface area contributed by atoms with Gasteiger partial charge in [-0.3, -0.25) is 0 Å². The van der Waals surface area contributed by atoms with Crippen molar-refractivity contribution in [2.75, 3.05) is 17.7 Å². The lowest BCUT2D eigenvalue weighted by Gasteiger charge is -2.23. The second-order valence-corrected chi connectivity index (χ2v) is 5.95. The summed E-state index contributed by atoms with van der Waals surface area (Å²) in [5, 5.41) is 6.80. The number of nitrogens with one attached hydrogen (secondary N) is 2. The molecule has 0 saturated heterocycles. The van der Waals surface area contributed by atoms with Crippen molar-refractivity contribution in [1.29, 1.82) is 0 Å². The highest BCUT2D eigenvalue weighted by Gasteiger charge is 2.13. The lowest BCUT2D eigenvalue weighted by atomic mass is 9.95. The van der Waals surface area contributed by atoms with Crippen LogP contribution in [0.2, 0.25) is 0 Å². The zero-order chi connectivity index (χ0) is 15.9. The molecule has 0 bridgehead atoms. The molecule has 2 aromatic rings. The van der Waals surface area contributed by atoms with Crippen LogP contribution >= 0.6 is 0 Å². The highest BCUT2D eigenvalue weighted by atomic mass is 16.5. The Balaban J connectivity index is 1.56. The van der Waals surface area contributed by atoms with Gasteiger partial charge in [-0.25, -0.2) is 4.98 Å². The fraction of sp³-hybridized carbons (Fsp3) is 0.444. The quantitative estimate of drug-likeness (QED) is 0.848. The molecule has 5 nitrogen and oxygen atoms in total. The molecule has 3 rings (SSSR count). The van der Waals surface area contributed by atoms with Gasteiger partial charge in [0.25, 0.3) is 0 Å². The Kier molecular flexibility index (Phi) is 5.29. The van der Waals surface area contributed by atoms with Gasteiger partial charge in [0.1, 0.15) is 11.6 Å². The number of anilines is 2. The Morgan fingerprint density at radius 3 is 2.61 bits per heavy atom. The molecule has 1 aliphatic rings. The molecule has 0 atom stereocenters. The highest BCUT2D eigenvalue weighted by molar-refractivity contribution is 5.41. The number of aromatic nitrogens is 2. The van der Waals surface area contributed by atoms with E-state index in [9.17, 15) is 0 Å². The maximum absolute atomic E-state index is 5.17. The second kappa shape index (κ2) is 7.81. The van der Waals surface area contributed by atoms with Crippen molar-refractivity contribution in [2.45, 2.75) is 44.7 Å². The molecule has 1 aliphatic carbocycles. The van der Waals surface area contributed by atoms with Gasteiger partial charge in [0.15, 0.2) is 0 Å². The van der Waals surface area contributed by atoms with Gasteiger partial charge in [0, 0.05) is 18.8 Å². The summed E-state index contributed by atoms with van der Waals surface area (Å²) in [5.41, 5.74) is 1.17. The average Bonchev–Trinajstić information content (AvgIpc) is 2.62. The van der Waals surface area contributed by atoms with Crippen molar-refractivity contribution in [3.63, 3.8) is 0 Å². The van der Waals surface area contributed by atoms with Crippen LogP contribution in [0.1, 0.15) is 37.7 Å². The maximum Gasteiger partial charge on any atom is 0.224 e. The Morgan fingerprint density at radius 2 is 1.87 bits per heavy atom. The fourth-order valence-corrected chi connectivity index (χ4v) is 2.90. The first-order valence-corrected chi connectivity index (χ1v) is 8.30. The Labute approximate surface area is 137 Å². The van der Waals surface area contributed by atoms with E-state index in [4.69, 9.17) is 4.74 Å². The highest BCUT2D eigenvalue weighted by Crippen LogP contribution is 2.21. The molecule has 23 heavy (non-hydrogen) atoms. The van der Waals surface area contributed by atoms with Crippen LogP contribution in [0.25, 0.3) is 0 Å². The van der Waals surface area contributed by atoms with Crippen LogP contribution in [-0.2, 0) is 6.54 Å². The number of benzene rings is 1. The van der Waals surface area contributed by atoms with Crippen LogP contribution in [0.5, 0.6) is 5.75 Å². The van der Waals surface area contributed by atoms with Crippen molar-refractivity contribution >= 4 is 11.8 Å². The second-order valence-electron chi connectivity index (χ2n) is 5.95. The van der Waals surface area contributed by atoms with E-state index in [2.05, 4.69) is 20.6 Å². The summed E-state index contributed by atoms with van der Waals surface area (Å²) >= 11 is 0. The number of hydrogen-bond acceptors (Lipinski definition) is 5. The normalized spacial score (nSPS) is 15.2. The van der Waals surface area contributed by atoms with E-state index in [1.165, 1.54) is 37.7 Å². The van der Waals surface area contributed by atoms with Crippen LogP contribution < -0.4 is 15.4 Å². The summed E-state index contributed by atoms with van der Waals surface area (Å²) in [5.74, 6) is 2.43. The molecule has 0 spiro atoms. The van der Waals surface area contributed by atoms with E-state index in [1.54, 1.807) is 13.3 Å². The third kappa shape index (κ3) is 4.58. The molecule has 1 aromatic carbocycles. The van der Waals surface area contributed by atoms with Gasteiger partial charge in [-0.15, -0.1) is 0 Å². The van der Waals surface area contributed by atoms with Gasteiger partial charge in [-0.05, 0) is 36.6 Å². The van der Waals surface area contributed by atoms with Gasteiger partial charge >= 0.3 is 0 Å². The SMILES string of the molecule is COc1ccc(CNc2nccc(NC3CCCCC3)n2)cc1. The minimum atomic E-state index is 0.549. The van der Waals surface area contributed by atoms with E-state index in [-0.39, 0.29) is 0 Å². The molecular formula is C18H24N4O. The average molecular weight is 312 g/mol. The zero-order valence-corrected chi connectivity index (χ0v) is 13.6. The maximum atomic E-state index is 5.17. The third-order valence-electron chi connectivity index (χ3n) is 4.22. The van der Waals surface area contributed by atoms with Gasteiger partial charge in [-0.2, -0.15) is 4.98 Å². The molecule has 0 aliphatic heterocycles. The number of nitrogens with zero attached hydrogens (tertiary/aromatic N) is 2. The summed E-state index contributed by atoms with van der Waals surface area (Å²) in [6, 6.07) is 10.5. The monoisotopic (exact) mass is 312 g/mol. The van der Waals surface area contributed by atoms with Crippen molar-refractivity contribution < 1.29 is 4.74 Å². The third-order valence-corrected chi connectivity index (χ3v) is 4.22. The zero-order valence-electron chi connectivity index (χ0n) is 13.6. The molecule has 122 valence electrons. The Hall–Kier alpha value is -2.30. The van der Waals surface area contributed by atoms with Crippen molar-refractivity contribution in [1.82, 2.24) is 9.97 Å². The number of rotatable bonds is 6. The summed E-state index contributed by atoms with van der Waals surface area (Å²) in [4.78, 5) is 8.85. The minimum Gasteiger partial charge on any atom is -0.497 e. The van der Waals surface area contributed by atoms with E-state index in [1.807, 2.05) is 30.3 Å².